The SMILES string of the molecule is O=C(CNC(=O)c1ccccc1F)NCCN1C(=O)S/C(=C/c2ccccc2Cl)C1=O. The molecule has 10 heteroatoms. The van der Waals surface area contributed by atoms with Gasteiger partial charge in [0.05, 0.1) is 17.0 Å². The maximum absolute atomic E-state index is 13.6. The normalized spacial score (nSPS) is 14.8. The molecule has 2 aromatic carbocycles. The smallest absolute Gasteiger partial charge is 0.293 e. The molecular weight excluding hydrogens is 445 g/mol. The standard InChI is InChI=1S/C21H17ClFN3O4S/c22-15-7-3-1-5-13(15)11-17-20(29)26(21(30)31-17)10-9-24-18(27)12-25-19(28)14-6-2-4-8-16(14)23/h1-8,11H,9-10,12H2,(H,24,27)(H,25,28)/b17-11+. The van der Waals surface area contributed by atoms with Crippen LogP contribution in [-0.2, 0) is 9.59 Å². The Morgan fingerprint density at radius 2 is 1.77 bits per heavy atom. The summed E-state index contributed by atoms with van der Waals surface area (Å²) in [6.07, 6.45) is 1.55. The summed E-state index contributed by atoms with van der Waals surface area (Å²) in [7, 11) is 0. The molecule has 1 heterocycles. The first-order valence-electron chi connectivity index (χ1n) is 9.16. The Balaban J connectivity index is 1.48. The zero-order chi connectivity index (χ0) is 22.4. The minimum atomic E-state index is -0.719. The fourth-order valence-electron chi connectivity index (χ4n) is 2.70. The van der Waals surface area contributed by atoms with Gasteiger partial charge >= 0.3 is 0 Å². The number of imide groups is 1. The average Bonchev–Trinajstić information content (AvgIpc) is 3.01. The molecule has 1 aliphatic rings. The number of hydrogen-bond acceptors (Lipinski definition) is 5. The Hall–Kier alpha value is -3.17. The van der Waals surface area contributed by atoms with Crippen molar-refractivity contribution in [3.63, 3.8) is 0 Å². The molecule has 0 aliphatic carbocycles. The summed E-state index contributed by atoms with van der Waals surface area (Å²) in [5.74, 6) is -2.42. The summed E-state index contributed by atoms with van der Waals surface area (Å²) in [5, 5.41) is 4.82. The number of halogens is 2. The number of nitrogens with one attached hydrogen (secondary N) is 2. The third-order valence-electron chi connectivity index (χ3n) is 4.25. The Bertz CT molecular complexity index is 1080. The van der Waals surface area contributed by atoms with Gasteiger partial charge in [0.2, 0.25) is 5.91 Å². The molecule has 0 radical (unpaired) electrons. The number of carbonyl (C=O) groups excluding carboxylic acids is 4. The molecule has 7 nitrogen and oxygen atoms in total. The van der Waals surface area contributed by atoms with E-state index in [0.29, 0.717) is 10.6 Å². The number of carbonyl (C=O) groups is 4. The molecule has 0 bridgehead atoms. The maximum atomic E-state index is 13.6. The number of benzene rings is 2. The molecule has 4 amide bonds. The lowest BCUT2D eigenvalue weighted by molar-refractivity contribution is -0.124. The molecule has 2 N–H and O–H groups in total. The highest BCUT2D eigenvalue weighted by Crippen LogP contribution is 2.33. The monoisotopic (exact) mass is 461 g/mol. The van der Waals surface area contributed by atoms with Gasteiger partial charge in [-0.2, -0.15) is 0 Å². The van der Waals surface area contributed by atoms with Crippen molar-refractivity contribution < 1.29 is 23.6 Å². The number of thioether (sulfide) groups is 1. The van der Waals surface area contributed by atoms with E-state index >= 15 is 0 Å². The quantitative estimate of drug-likeness (QED) is 0.618. The van der Waals surface area contributed by atoms with Gasteiger partial charge in [-0.05, 0) is 41.6 Å². The van der Waals surface area contributed by atoms with Crippen molar-refractivity contribution in [3.8, 4) is 0 Å². The van der Waals surface area contributed by atoms with Gasteiger partial charge in [-0.15, -0.1) is 0 Å². The Morgan fingerprint density at radius 1 is 1.06 bits per heavy atom. The van der Waals surface area contributed by atoms with Crippen LogP contribution in [0.2, 0.25) is 5.02 Å². The van der Waals surface area contributed by atoms with Crippen LogP contribution in [0.3, 0.4) is 0 Å². The summed E-state index contributed by atoms with van der Waals surface area (Å²) in [6.45, 7) is -0.398. The third-order valence-corrected chi connectivity index (χ3v) is 5.50. The van der Waals surface area contributed by atoms with Gasteiger partial charge in [-0.25, -0.2) is 4.39 Å². The van der Waals surface area contributed by atoms with E-state index in [1.165, 1.54) is 18.2 Å². The van der Waals surface area contributed by atoms with Crippen LogP contribution in [0.5, 0.6) is 0 Å². The van der Waals surface area contributed by atoms with Crippen molar-refractivity contribution in [2.75, 3.05) is 19.6 Å². The van der Waals surface area contributed by atoms with E-state index in [9.17, 15) is 23.6 Å². The Labute approximate surface area is 186 Å². The minimum Gasteiger partial charge on any atom is -0.353 e. The lowest BCUT2D eigenvalue weighted by Crippen LogP contribution is -2.41. The van der Waals surface area contributed by atoms with Gasteiger partial charge in [0.15, 0.2) is 0 Å². The molecule has 1 saturated heterocycles. The predicted octanol–water partition coefficient (Wildman–Crippen LogP) is 3.06. The zero-order valence-corrected chi connectivity index (χ0v) is 17.6. The van der Waals surface area contributed by atoms with Crippen molar-refractivity contribution in [2.24, 2.45) is 0 Å². The van der Waals surface area contributed by atoms with Crippen LogP contribution >= 0.6 is 23.4 Å². The molecule has 2 aromatic rings. The molecule has 0 unspecified atom stereocenters. The van der Waals surface area contributed by atoms with Gasteiger partial charge in [0, 0.05) is 18.1 Å². The van der Waals surface area contributed by atoms with E-state index in [4.69, 9.17) is 11.6 Å². The Morgan fingerprint density at radius 3 is 2.52 bits per heavy atom. The molecule has 1 aliphatic heterocycles. The second kappa shape index (κ2) is 10.2. The first-order valence-corrected chi connectivity index (χ1v) is 10.4. The highest BCUT2D eigenvalue weighted by molar-refractivity contribution is 8.18. The van der Waals surface area contributed by atoms with E-state index in [1.807, 2.05) is 0 Å². The summed E-state index contributed by atoms with van der Waals surface area (Å²) in [4.78, 5) is 49.7. The van der Waals surface area contributed by atoms with Gasteiger partial charge in [-0.1, -0.05) is 41.9 Å². The molecule has 0 atom stereocenters. The van der Waals surface area contributed by atoms with Crippen LogP contribution in [0.15, 0.2) is 53.4 Å². The largest absolute Gasteiger partial charge is 0.353 e. The zero-order valence-electron chi connectivity index (χ0n) is 16.1. The second-order valence-corrected chi connectivity index (χ2v) is 7.77. The van der Waals surface area contributed by atoms with Crippen molar-refractivity contribution in [2.45, 2.75) is 0 Å². The second-order valence-electron chi connectivity index (χ2n) is 6.37. The van der Waals surface area contributed by atoms with E-state index in [-0.39, 0.29) is 30.1 Å². The van der Waals surface area contributed by atoms with Crippen molar-refractivity contribution in [1.29, 1.82) is 0 Å². The summed E-state index contributed by atoms with van der Waals surface area (Å²) < 4.78 is 13.6. The van der Waals surface area contributed by atoms with Crippen LogP contribution < -0.4 is 10.6 Å². The first-order chi connectivity index (χ1) is 14.9. The van der Waals surface area contributed by atoms with Crippen molar-refractivity contribution in [1.82, 2.24) is 15.5 Å². The van der Waals surface area contributed by atoms with Gasteiger partial charge in [0.25, 0.3) is 17.1 Å². The number of rotatable bonds is 7. The van der Waals surface area contributed by atoms with Crippen molar-refractivity contribution >= 4 is 52.4 Å². The van der Waals surface area contributed by atoms with E-state index < -0.39 is 28.8 Å². The van der Waals surface area contributed by atoms with Crippen molar-refractivity contribution in [3.05, 3.63) is 75.4 Å². The van der Waals surface area contributed by atoms with Crippen LogP contribution in [0.1, 0.15) is 15.9 Å². The summed E-state index contributed by atoms with van der Waals surface area (Å²) in [6, 6.07) is 12.3. The molecular formula is C21H17ClFN3O4S. The number of amides is 4. The maximum Gasteiger partial charge on any atom is 0.293 e. The topological polar surface area (TPSA) is 95.6 Å². The molecule has 160 valence electrons. The Kier molecular flexibility index (Phi) is 7.43. The molecule has 0 spiro atoms. The number of nitrogens with zero attached hydrogens (tertiary/aromatic N) is 1. The number of hydrogen-bond donors (Lipinski definition) is 2. The molecule has 0 aromatic heterocycles. The highest BCUT2D eigenvalue weighted by Gasteiger charge is 2.34. The molecule has 1 fully saturated rings. The van der Waals surface area contributed by atoms with E-state index in [1.54, 1.807) is 30.3 Å². The molecule has 31 heavy (non-hydrogen) atoms. The van der Waals surface area contributed by atoms with Crippen LogP contribution in [-0.4, -0.2) is 47.5 Å². The minimum absolute atomic E-state index is 0.00577. The highest BCUT2D eigenvalue weighted by atomic mass is 35.5. The fraction of sp³-hybridized carbons (Fsp3) is 0.143. The average molecular weight is 462 g/mol. The van der Waals surface area contributed by atoms with E-state index in [0.717, 1.165) is 22.7 Å². The van der Waals surface area contributed by atoms with Gasteiger partial charge < -0.3 is 10.6 Å². The van der Waals surface area contributed by atoms with Gasteiger partial charge in [-0.3, -0.25) is 24.1 Å². The van der Waals surface area contributed by atoms with Crippen LogP contribution in [0.4, 0.5) is 9.18 Å². The molecule has 3 rings (SSSR count). The lowest BCUT2D eigenvalue weighted by Gasteiger charge is -2.13. The van der Waals surface area contributed by atoms with Crippen LogP contribution in [0, 0.1) is 5.82 Å². The van der Waals surface area contributed by atoms with Crippen LogP contribution in [0.25, 0.3) is 6.08 Å². The van der Waals surface area contributed by atoms with E-state index in [2.05, 4.69) is 10.6 Å². The first kappa shape index (κ1) is 22.5. The summed E-state index contributed by atoms with van der Waals surface area (Å²) >= 11 is 6.87. The predicted molar refractivity (Wildman–Crippen MR) is 116 cm³/mol. The van der Waals surface area contributed by atoms with Gasteiger partial charge in [0.1, 0.15) is 5.82 Å². The lowest BCUT2D eigenvalue weighted by atomic mass is 10.2. The molecule has 0 saturated carbocycles. The fourth-order valence-corrected chi connectivity index (χ4v) is 3.74. The summed E-state index contributed by atoms with van der Waals surface area (Å²) in [5.41, 5.74) is 0.451. The third kappa shape index (κ3) is 5.71.